The number of benzene rings is 1. The first-order valence-corrected chi connectivity index (χ1v) is 8.19. The van der Waals surface area contributed by atoms with Gasteiger partial charge in [0, 0.05) is 17.6 Å². The molecule has 1 N–H and O–H groups in total. The Bertz CT molecular complexity index is 580. The average Bonchev–Trinajstić information content (AvgIpc) is 2.97. The van der Waals surface area contributed by atoms with Crippen LogP contribution in [0.5, 0.6) is 0 Å². The first kappa shape index (κ1) is 15.8. The lowest BCUT2D eigenvalue weighted by Crippen LogP contribution is -2.36. The summed E-state index contributed by atoms with van der Waals surface area (Å²) in [7, 11) is 0. The van der Waals surface area contributed by atoms with Crippen molar-refractivity contribution in [2.75, 3.05) is 5.33 Å². The van der Waals surface area contributed by atoms with Crippen LogP contribution in [-0.2, 0) is 0 Å². The van der Waals surface area contributed by atoms with Crippen LogP contribution in [0.4, 0.5) is 0 Å². The van der Waals surface area contributed by atoms with Crippen molar-refractivity contribution in [3.63, 3.8) is 0 Å². The van der Waals surface area contributed by atoms with Gasteiger partial charge in [-0.3, -0.25) is 4.79 Å². The molecule has 5 heteroatoms. The molecule has 0 aliphatic rings. The van der Waals surface area contributed by atoms with Crippen molar-refractivity contribution in [2.24, 2.45) is 5.92 Å². The van der Waals surface area contributed by atoms with Gasteiger partial charge in [0.2, 0.25) is 0 Å². The van der Waals surface area contributed by atoms with Gasteiger partial charge in [-0.25, -0.2) is 4.68 Å². The highest BCUT2D eigenvalue weighted by Crippen LogP contribution is 2.10. The van der Waals surface area contributed by atoms with E-state index < -0.39 is 0 Å². The van der Waals surface area contributed by atoms with E-state index in [0.29, 0.717) is 11.5 Å². The van der Waals surface area contributed by atoms with E-state index in [2.05, 4.69) is 40.2 Å². The maximum atomic E-state index is 12.3. The van der Waals surface area contributed by atoms with Gasteiger partial charge in [0.05, 0.1) is 17.4 Å². The van der Waals surface area contributed by atoms with Crippen LogP contribution in [0.2, 0.25) is 0 Å². The van der Waals surface area contributed by atoms with E-state index in [4.69, 9.17) is 0 Å². The molecule has 0 radical (unpaired) electrons. The summed E-state index contributed by atoms with van der Waals surface area (Å²) in [6.07, 6.45) is 4.30. The maximum Gasteiger partial charge on any atom is 0.254 e. The van der Waals surface area contributed by atoms with Crippen LogP contribution in [0.15, 0.2) is 42.7 Å². The Morgan fingerprint density at radius 3 is 2.67 bits per heavy atom. The van der Waals surface area contributed by atoms with E-state index in [1.165, 1.54) is 0 Å². The SMILES string of the molecule is CC(C)CC(CBr)NC(=O)c1cnn(-c2ccccc2)c1. The highest BCUT2D eigenvalue weighted by atomic mass is 79.9. The zero-order valence-corrected chi connectivity index (χ0v) is 13.9. The van der Waals surface area contributed by atoms with Gasteiger partial charge in [0.1, 0.15) is 0 Å². The van der Waals surface area contributed by atoms with E-state index in [9.17, 15) is 4.79 Å². The number of para-hydroxylation sites is 1. The number of nitrogens with zero attached hydrogens (tertiary/aromatic N) is 2. The second-order valence-electron chi connectivity index (χ2n) is 5.46. The van der Waals surface area contributed by atoms with Crippen molar-refractivity contribution in [3.05, 3.63) is 48.3 Å². The van der Waals surface area contributed by atoms with Crippen molar-refractivity contribution >= 4 is 21.8 Å². The van der Waals surface area contributed by atoms with Crippen LogP contribution in [0.25, 0.3) is 5.69 Å². The Balaban J connectivity index is 2.05. The molecule has 2 aromatic rings. The fraction of sp³-hybridized carbons (Fsp3) is 0.375. The highest BCUT2D eigenvalue weighted by Gasteiger charge is 2.15. The smallest absolute Gasteiger partial charge is 0.254 e. The molecular formula is C16H20BrN3O. The summed E-state index contributed by atoms with van der Waals surface area (Å²) in [5.41, 5.74) is 1.52. The summed E-state index contributed by atoms with van der Waals surface area (Å²) in [4.78, 5) is 12.3. The van der Waals surface area contributed by atoms with Gasteiger partial charge in [0.15, 0.2) is 0 Å². The molecular weight excluding hydrogens is 330 g/mol. The molecule has 0 spiro atoms. The molecule has 112 valence electrons. The lowest BCUT2D eigenvalue weighted by molar-refractivity contribution is 0.0937. The number of rotatable bonds is 6. The highest BCUT2D eigenvalue weighted by molar-refractivity contribution is 9.09. The Kier molecular flexibility index (Phi) is 5.56. The van der Waals surface area contributed by atoms with E-state index >= 15 is 0 Å². The normalized spacial score (nSPS) is 12.4. The van der Waals surface area contributed by atoms with Gasteiger partial charge in [-0.05, 0) is 24.5 Å². The third kappa shape index (κ3) is 4.43. The lowest BCUT2D eigenvalue weighted by atomic mass is 10.1. The molecule has 0 aliphatic carbocycles. The molecule has 1 unspecified atom stereocenters. The number of amides is 1. The topological polar surface area (TPSA) is 46.9 Å². The molecule has 1 heterocycles. The van der Waals surface area contributed by atoms with Crippen molar-refractivity contribution in [1.82, 2.24) is 15.1 Å². The number of halogens is 1. The molecule has 0 saturated carbocycles. The summed E-state index contributed by atoms with van der Waals surface area (Å²) >= 11 is 3.45. The van der Waals surface area contributed by atoms with E-state index in [1.807, 2.05) is 30.3 Å². The van der Waals surface area contributed by atoms with E-state index in [1.54, 1.807) is 17.1 Å². The number of hydrogen-bond donors (Lipinski definition) is 1. The molecule has 21 heavy (non-hydrogen) atoms. The lowest BCUT2D eigenvalue weighted by Gasteiger charge is -2.17. The number of alkyl halides is 1. The second kappa shape index (κ2) is 7.41. The van der Waals surface area contributed by atoms with Crippen LogP contribution in [0.1, 0.15) is 30.6 Å². The summed E-state index contributed by atoms with van der Waals surface area (Å²) in [6, 6.07) is 9.88. The molecule has 4 nitrogen and oxygen atoms in total. The number of nitrogens with one attached hydrogen (secondary N) is 1. The van der Waals surface area contributed by atoms with Crippen molar-refractivity contribution < 1.29 is 4.79 Å². The Morgan fingerprint density at radius 2 is 2.05 bits per heavy atom. The molecule has 1 aromatic heterocycles. The van der Waals surface area contributed by atoms with Crippen LogP contribution < -0.4 is 5.32 Å². The molecule has 1 amide bonds. The summed E-state index contributed by atoms with van der Waals surface area (Å²) in [6.45, 7) is 4.30. The molecule has 1 aromatic carbocycles. The fourth-order valence-corrected chi connectivity index (χ4v) is 2.59. The fourth-order valence-electron chi connectivity index (χ4n) is 2.16. The minimum absolute atomic E-state index is 0.0812. The Morgan fingerprint density at radius 1 is 1.33 bits per heavy atom. The van der Waals surface area contributed by atoms with Crippen molar-refractivity contribution in [3.8, 4) is 5.69 Å². The van der Waals surface area contributed by atoms with Crippen molar-refractivity contribution in [1.29, 1.82) is 0 Å². The summed E-state index contributed by atoms with van der Waals surface area (Å²) < 4.78 is 1.71. The number of hydrogen-bond acceptors (Lipinski definition) is 2. The van der Waals surface area contributed by atoms with Crippen LogP contribution in [-0.4, -0.2) is 27.1 Å². The number of carbonyl (C=O) groups is 1. The molecule has 0 saturated heterocycles. The molecule has 1 atom stereocenters. The minimum Gasteiger partial charge on any atom is -0.348 e. The number of aromatic nitrogens is 2. The van der Waals surface area contributed by atoms with Gasteiger partial charge in [-0.15, -0.1) is 0 Å². The van der Waals surface area contributed by atoms with Gasteiger partial charge >= 0.3 is 0 Å². The zero-order valence-electron chi connectivity index (χ0n) is 12.3. The predicted octanol–water partition coefficient (Wildman–Crippen LogP) is 3.41. The van der Waals surface area contributed by atoms with Crippen molar-refractivity contribution in [2.45, 2.75) is 26.3 Å². The monoisotopic (exact) mass is 349 g/mol. The van der Waals surface area contributed by atoms with E-state index in [-0.39, 0.29) is 11.9 Å². The molecule has 0 fully saturated rings. The maximum absolute atomic E-state index is 12.3. The first-order valence-electron chi connectivity index (χ1n) is 7.07. The van der Waals surface area contributed by atoms with Gasteiger partial charge in [-0.2, -0.15) is 5.10 Å². The standard InChI is InChI=1S/C16H20BrN3O/c1-12(2)8-14(9-17)19-16(21)13-10-18-20(11-13)15-6-4-3-5-7-15/h3-7,10-12,14H,8-9H2,1-2H3,(H,19,21). The van der Waals surface area contributed by atoms with Crippen LogP contribution in [0, 0.1) is 5.92 Å². The quantitative estimate of drug-likeness (QED) is 0.812. The molecule has 2 rings (SSSR count). The van der Waals surface area contributed by atoms with E-state index in [0.717, 1.165) is 17.4 Å². The minimum atomic E-state index is -0.0812. The van der Waals surface area contributed by atoms with Crippen LogP contribution in [0.3, 0.4) is 0 Å². The summed E-state index contributed by atoms with van der Waals surface area (Å²) in [5.74, 6) is 0.460. The van der Waals surface area contributed by atoms with Gasteiger partial charge in [-0.1, -0.05) is 48.0 Å². The Labute approximate surface area is 133 Å². The second-order valence-corrected chi connectivity index (χ2v) is 6.11. The number of carbonyl (C=O) groups excluding carboxylic acids is 1. The third-order valence-corrected chi connectivity index (χ3v) is 3.92. The predicted molar refractivity (Wildman–Crippen MR) is 88.1 cm³/mol. The first-order chi connectivity index (χ1) is 10.1. The largest absolute Gasteiger partial charge is 0.348 e. The average molecular weight is 350 g/mol. The van der Waals surface area contributed by atoms with Gasteiger partial charge < -0.3 is 5.32 Å². The third-order valence-electron chi connectivity index (χ3n) is 3.14. The van der Waals surface area contributed by atoms with Crippen LogP contribution >= 0.6 is 15.9 Å². The Hall–Kier alpha value is -1.62. The summed E-state index contributed by atoms with van der Waals surface area (Å²) in [5, 5.41) is 8.04. The molecule has 0 bridgehead atoms. The zero-order chi connectivity index (χ0) is 15.2. The van der Waals surface area contributed by atoms with Gasteiger partial charge in [0.25, 0.3) is 5.91 Å². The molecule has 0 aliphatic heterocycles.